The van der Waals surface area contributed by atoms with E-state index < -0.39 is 0 Å². The molecule has 2 heterocycles. The van der Waals surface area contributed by atoms with Gasteiger partial charge >= 0.3 is 0 Å². The summed E-state index contributed by atoms with van der Waals surface area (Å²) >= 11 is 0. The van der Waals surface area contributed by atoms with Gasteiger partial charge in [-0.3, -0.25) is 0 Å². The number of nitriles is 1. The average Bonchev–Trinajstić information content (AvgIpc) is 2.93. The lowest BCUT2D eigenvalue weighted by Gasteiger charge is -2.45. The Morgan fingerprint density at radius 2 is 1.65 bits per heavy atom. The zero-order valence-corrected chi connectivity index (χ0v) is 20.4. The molecule has 2 heteroatoms. The first kappa shape index (κ1) is 20.5. The number of nitrogens with zero attached hydrogens (tertiary/aromatic N) is 2. The van der Waals surface area contributed by atoms with Crippen LogP contribution in [-0.2, 0) is 21.8 Å². The third kappa shape index (κ3) is 2.20. The minimum Gasteiger partial charge on any atom is -0.192 e. The molecule has 31 heavy (non-hydrogen) atoms. The molecule has 0 fully saturated rings. The molecule has 2 aliphatic rings. The molecule has 0 N–H and O–H groups in total. The van der Waals surface area contributed by atoms with Gasteiger partial charge in [0.1, 0.15) is 0 Å². The topological polar surface area (TPSA) is 27.7 Å². The number of pyridine rings is 1. The maximum Gasteiger partial charge on any atom is 0.221 e. The highest BCUT2D eigenvalue weighted by Gasteiger charge is 2.57. The van der Waals surface area contributed by atoms with Crippen molar-refractivity contribution in [2.75, 3.05) is 0 Å². The molecule has 1 aliphatic carbocycles. The van der Waals surface area contributed by atoms with E-state index in [4.69, 9.17) is 0 Å². The van der Waals surface area contributed by atoms with Crippen LogP contribution in [0.1, 0.15) is 96.9 Å². The molecule has 0 amide bonds. The lowest BCUT2D eigenvalue weighted by molar-refractivity contribution is -0.751. The Labute approximate surface area is 186 Å². The van der Waals surface area contributed by atoms with Crippen molar-refractivity contribution in [2.24, 2.45) is 0 Å². The first-order valence-electron chi connectivity index (χ1n) is 11.9. The monoisotopic (exact) mass is 411 g/mol. The minimum atomic E-state index is -0.0344. The van der Waals surface area contributed by atoms with E-state index in [1.165, 1.54) is 33.0 Å². The number of aromatic nitrogens is 1. The number of hydrogen-bond acceptors (Lipinski definition) is 1. The SMILES string of the molecule is CCC1(C)c2cccc3c(C#N)cc4c5c(c[n+](c4c23)C1(C)CC)C(C)(C)CC5(C)C. The molecular formula is C29H35N2+. The van der Waals surface area contributed by atoms with Crippen LogP contribution in [0.15, 0.2) is 30.5 Å². The Morgan fingerprint density at radius 1 is 0.935 bits per heavy atom. The third-order valence-corrected chi connectivity index (χ3v) is 9.29. The molecule has 1 aromatic heterocycles. The quantitative estimate of drug-likeness (QED) is 0.332. The zero-order chi connectivity index (χ0) is 22.6. The number of hydrogen-bond donors (Lipinski definition) is 0. The molecule has 2 aromatic carbocycles. The third-order valence-electron chi connectivity index (χ3n) is 9.29. The van der Waals surface area contributed by atoms with Crippen molar-refractivity contribution in [1.29, 1.82) is 5.26 Å². The van der Waals surface area contributed by atoms with Crippen molar-refractivity contribution >= 4 is 21.7 Å². The fourth-order valence-corrected chi connectivity index (χ4v) is 7.46. The van der Waals surface area contributed by atoms with E-state index in [2.05, 4.69) is 96.5 Å². The summed E-state index contributed by atoms with van der Waals surface area (Å²) in [5.74, 6) is 0. The van der Waals surface area contributed by atoms with E-state index in [1.807, 2.05) is 0 Å². The van der Waals surface area contributed by atoms with Gasteiger partial charge in [0.25, 0.3) is 0 Å². The molecule has 160 valence electrons. The lowest BCUT2D eigenvalue weighted by Crippen LogP contribution is -2.66. The molecule has 0 saturated heterocycles. The zero-order valence-electron chi connectivity index (χ0n) is 20.4. The molecule has 2 atom stereocenters. The van der Waals surface area contributed by atoms with Crippen molar-refractivity contribution < 1.29 is 4.57 Å². The van der Waals surface area contributed by atoms with Gasteiger partial charge in [0, 0.05) is 24.3 Å². The predicted octanol–water partition coefficient (Wildman–Crippen LogP) is 6.92. The predicted molar refractivity (Wildman–Crippen MR) is 129 cm³/mol. The van der Waals surface area contributed by atoms with Gasteiger partial charge in [-0.15, -0.1) is 0 Å². The van der Waals surface area contributed by atoms with Gasteiger partial charge < -0.3 is 0 Å². The summed E-state index contributed by atoms with van der Waals surface area (Å²) in [6.07, 6.45) is 5.76. The first-order valence-corrected chi connectivity index (χ1v) is 11.9. The largest absolute Gasteiger partial charge is 0.221 e. The molecule has 0 radical (unpaired) electrons. The van der Waals surface area contributed by atoms with Gasteiger partial charge in [-0.1, -0.05) is 59.7 Å². The number of fused-ring (bicyclic) bond motifs is 2. The van der Waals surface area contributed by atoms with Crippen molar-refractivity contribution in [3.05, 3.63) is 52.7 Å². The Hall–Kier alpha value is -2.40. The standard InChI is InChI=1S/C29H35N2/c1-9-28(7)21-13-11-12-19-18(15-30)14-20-24-22(26(3,4)17-27(24,5)6)16-31(25(20)23(19)21)29(28,8)10-2/h11-14,16H,9-10,17H2,1-8H3/q+1. The summed E-state index contributed by atoms with van der Waals surface area (Å²) in [5.41, 5.74) is 6.64. The second-order valence-corrected chi connectivity index (χ2v) is 11.7. The van der Waals surface area contributed by atoms with Gasteiger partial charge in [0.05, 0.1) is 27.8 Å². The van der Waals surface area contributed by atoms with Crippen molar-refractivity contribution in [3.8, 4) is 6.07 Å². The van der Waals surface area contributed by atoms with Crippen LogP contribution < -0.4 is 4.57 Å². The molecule has 0 bridgehead atoms. The first-order chi connectivity index (χ1) is 14.5. The number of benzene rings is 2. The second kappa shape index (κ2) is 5.89. The normalized spacial score (nSPS) is 27.6. The fraction of sp³-hybridized carbons (Fsp3) is 0.517. The van der Waals surface area contributed by atoms with Crippen LogP contribution in [0.25, 0.3) is 21.7 Å². The molecule has 2 nitrogen and oxygen atoms in total. The molecule has 3 aromatic rings. The van der Waals surface area contributed by atoms with E-state index in [1.54, 1.807) is 0 Å². The highest BCUT2D eigenvalue weighted by Crippen LogP contribution is 2.55. The van der Waals surface area contributed by atoms with Gasteiger partial charge in [-0.05, 0) is 47.8 Å². The summed E-state index contributed by atoms with van der Waals surface area (Å²) < 4.78 is 2.63. The minimum absolute atomic E-state index is 0.00750. The molecule has 0 spiro atoms. The van der Waals surface area contributed by atoms with Gasteiger partial charge in [-0.25, -0.2) is 0 Å². The van der Waals surface area contributed by atoms with Crippen LogP contribution in [0.4, 0.5) is 0 Å². The maximum atomic E-state index is 10.1. The van der Waals surface area contributed by atoms with Crippen molar-refractivity contribution in [1.82, 2.24) is 0 Å². The van der Waals surface area contributed by atoms with E-state index in [9.17, 15) is 5.26 Å². The van der Waals surface area contributed by atoms with E-state index in [0.29, 0.717) is 0 Å². The van der Waals surface area contributed by atoms with E-state index >= 15 is 0 Å². The Bertz CT molecular complexity index is 1320. The van der Waals surface area contributed by atoms with Crippen LogP contribution in [-0.4, -0.2) is 0 Å². The number of rotatable bonds is 2. The van der Waals surface area contributed by atoms with E-state index in [0.717, 1.165) is 30.2 Å². The molecule has 0 saturated carbocycles. The summed E-state index contributed by atoms with van der Waals surface area (Å²) in [7, 11) is 0. The van der Waals surface area contributed by atoms with Crippen LogP contribution >= 0.6 is 0 Å². The van der Waals surface area contributed by atoms with Gasteiger partial charge in [0.2, 0.25) is 5.52 Å². The molecular weight excluding hydrogens is 376 g/mol. The van der Waals surface area contributed by atoms with Crippen molar-refractivity contribution in [3.63, 3.8) is 0 Å². The van der Waals surface area contributed by atoms with E-state index in [-0.39, 0.29) is 21.8 Å². The van der Waals surface area contributed by atoms with Crippen LogP contribution in [0, 0.1) is 11.3 Å². The highest BCUT2D eigenvalue weighted by atomic mass is 15.1. The Morgan fingerprint density at radius 3 is 2.26 bits per heavy atom. The highest BCUT2D eigenvalue weighted by molar-refractivity contribution is 6.10. The lowest BCUT2D eigenvalue weighted by atomic mass is 9.61. The maximum absolute atomic E-state index is 10.1. The summed E-state index contributed by atoms with van der Waals surface area (Å²) in [4.78, 5) is 0. The van der Waals surface area contributed by atoms with Crippen molar-refractivity contribution in [2.45, 2.75) is 96.4 Å². The summed E-state index contributed by atoms with van der Waals surface area (Å²) in [6.45, 7) is 19.1. The fourth-order valence-electron chi connectivity index (χ4n) is 7.46. The van der Waals surface area contributed by atoms with Gasteiger partial charge in [-0.2, -0.15) is 9.83 Å². The van der Waals surface area contributed by atoms with Gasteiger partial charge in [0.15, 0.2) is 11.7 Å². The summed E-state index contributed by atoms with van der Waals surface area (Å²) in [5, 5.41) is 13.8. The van der Waals surface area contributed by atoms with Crippen LogP contribution in [0.5, 0.6) is 0 Å². The van der Waals surface area contributed by atoms with Crippen LogP contribution in [0.3, 0.4) is 0 Å². The Balaban J connectivity index is 2.15. The smallest absolute Gasteiger partial charge is 0.192 e. The molecule has 1 aliphatic heterocycles. The Kier molecular flexibility index (Phi) is 3.89. The average molecular weight is 412 g/mol. The van der Waals surface area contributed by atoms with Crippen LogP contribution in [0.2, 0.25) is 0 Å². The molecule has 2 unspecified atom stereocenters. The molecule has 5 rings (SSSR count). The second-order valence-electron chi connectivity index (χ2n) is 11.7. The summed E-state index contributed by atoms with van der Waals surface area (Å²) in [6, 6.07) is 11.4.